The molecule has 28 heavy (non-hydrogen) atoms. The number of aromatic hydroxyl groups is 1. The summed E-state index contributed by atoms with van der Waals surface area (Å²) in [5, 5.41) is 15.5. The number of allylic oxidation sites excluding steroid dienone is 1. The van der Waals surface area contributed by atoms with Crippen LogP contribution in [-0.2, 0) is 19.8 Å². The Hall–Kier alpha value is -2.83. The Labute approximate surface area is 163 Å². The van der Waals surface area contributed by atoms with Crippen LogP contribution >= 0.6 is 0 Å². The molecule has 2 fully saturated rings. The number of anilines is 1. The van der Waals surface area contributed by atoms with Gasteiger partial charge in [0.2, 0.25) is 17.7 Å². The molecule has 3 heterocycles. The molecule has 0 saturated carbocycles. The lowest BCUT2D eigenvalue weighted by atomic mass is 9.59. The summed E-state index contributed by atoms with van der Waals surface area (Å²) in [7, 11) is 0. The van der Waals surface area contributed by atoms with Crippen molar-refractivity contribution in [3.8, 4) is 5.75 Å². The molecular weight excluding hydrogens is 358 g/mol. The van der Waals surface area contributed by atoms with E-state index in [1.165, 1.54) is 12.1 Å². The minimum absolute atomic E-state index is 0.0493. The summed E-state index contributed by atoms with van der Waals surface area (Å²) < 4.78 is 0. The number of carbonyl (C=O) groups is 3. The molecule has 1 aromatic rings. The van der Waals surface area contributed by atoms with E-state index in [0.29, 0.717) is 24.2 Å². The van der Waals surface area contributed by atoms with Crippen LogP contribution in [0.25, 0.3) is 0 Å². The van der Waals surface area contributed by atoms with Crippen molar-refractivity contribution in [3.05, 3.63) is 36.4 Å². The van der Waals surface area contributed by atoms with Crippen molar-refractivity contribution in [3.63, 3.8) is 0 Å². The molecule has 3 unspecified atom stereocenters. The molecule has 7 heteroatoms. The average Bonchev–Trinajstić information content (AvgIpc) is 3.23. The summed E-state index contributed by atoms with van der Waals surface area (Å²) in [6.07, 6.45) is 3.32. The van der Waals surface area contributed by atoms with Crippen molar-refractivity contribution >= 4 is 23.4 Å². The van der Waals surface area contributed by atoms with E-state index in [1.54, 1.807) is 17.0 Å². The second-order valence-corrected chi connectivity index (χ2v) is 8.47. The number of hydrogen-bond donors (Lipinski definition) is 3. The predicted octanol–water partition coefficient (Wildman–Crippen LogP) is 1.67. The molecule has 1 aromatic carbocycles. The first-order chi connectivity index (χ1) is 13.2. The minimum Gasteiger partial charge on any atom is -0.508 e. The molecule has 0 aromatic heterocycles. The van der Waals surface area contributed by atoms with Crippen LogP contribution in [0.5, 0.6) is 5.75 Å². The number of benzene rings is 1. The quantitative estimate of drug-likeness (QED) is 0.689. The van der Waals surface area contributed by atoms with Gasteiger partial charge in [-0.2, -0.15) is 0 Å². The second-order valence-electron chi connectivity index (χ2n) is 8.47. The third kappa shape index (κ3) is 2.38. The van der Waals surface area contributed by atoms with Crippen molar-refractivity contribution < 1.29 is 19.5 Å². The zero-order valence-electron chi connectivity index (χ0n) is 16.1. The van der Waals surface area contributed by atoms with Gasteiger partial charge in [0.05, 0.1) is 5.41 Å². The van der Waals surface area contributed by atoms with Gasteiger partial charge in [0, 0.05) is 23.7 Å². The highest BCUT2D eigenvalue weighted by atomic mass is 16.3. The number of fused-ring (bicyclic) bond motifs is 2. The maximum absolute atomic E-state index is 13.3. The Morgan fingerprint density at radius 3 is 2.82 bits per heavy atom. The summed E-state index contributed by atoms with van der Waals surface area (Å²) in [6.45, 7) is 8.28. The standard InChI is InChI=1S/C21H25N3O4/c1-4-20(2,3)21(13-8-7-12(25)10-14(13)23-19(21)28)11-15-18(27)24-9-5-6-16(24)17(26)22-15/h4,7-8,10,15-16,25H,1,5-6,9,11H2,2-3H3,(H,22,26)(H,23,28). The van der Waals surface area contributed by atoms with Gasteiger partial charge >= 0.3 is 0 Å². The number of phenolic OH excluding ortho intramolecular Hbond substituents is 1. The fourth-order valence-corrected chi connectivity index (χ4v) is 4.92. The smallest absolute Gasteiger partial charge is 0.245 e. The van der Waals surface area contributed by atoms with E-state index < -0.39 is 22.9 Å². The highest BCUT2D eigenvalue weighted by Crippen LogP contribution is 2.53. The third-order valence-corrected chi connectivity index (χ3v) is 6.67. The molecular formula is C21H25N3O4. The lowest BCUT2D eigenvalue weighted by Gasteiger charge is -2.44. The Balaban J connectivity index is 1.79. The van der Waals surface area contributed by atoms with Crippen molar-refractivity contribution in [2.75, 3.05) is 11.9 Å². The fraction of sp³-hybridized carbons (Fsp3) is 0.476. The Morgan fingerprint density at radius 2 is 2.11 bits per heavy atom. The molecule has 3 aliphatic rings. The van der Waals surface area contributed by atoms with E-state index in [4.69, 9.17) is 0 Å². The van der Waals surface area contributed by atoms with Gasteiger partial charge in [0.15, 0.2) is 0 Å². The summed E-state index contributed by atoms with van der Waals surface area (Å²) >= 11 is 0. The van der Waals surface area contributed by atoms with Crippen LogP contribution in [0.4, 0.5) is 5.69 Å². The average molecular weight is 383 g/mol. The SMILES string of the molecule is C=CC(C)(C)C1(CC2NC(=O)C3CCCN3C2=O)C(=O)Nc2cc(O)ccc21. The van der Waals surface area contributed by atoms with Crippen LogP contribution in [0.15, 0.2) is 30.9 Å². The van der Waals surface area contributed by atoms with Crippen LogP contribution < -0.4 is 10.6 Å². The lowest BCUT2D eigenvalue weighted by molar-refractivity contribution is -0.148. The molecule has 0 aliphatic carbocycles. The molecule has 0 bridgehead atoms. The number of nitrogens with zero attached hydrogens (tertiary/aromatic N) is 1. The van der Waals surface area contributed by atoms with Gasteiger partial charge < -0.3 is 20.6 Å². The molecule has 2 saturated heterocycles. The third-order valence-electron chi connectivity index (χ3n) is 6.67. The molecule has 148 valence electrons. The van der Waals surface area contributed by atoms with Gasteiger partial charge in [-0.3, -0.25) is 14.4 Å². The van der Waals surface area contributed by atoms with Gasteiger partial charge in [-0.25, -0.2) is 0 Å². The lowest BCUT2D eigenvalue weighted by Crippen LogP contribution is -2.63. The Kier molecular flexibility index (Phi) is 4.03. The maximum Gasteiger partial charge on any atom is 0.245 e. The summed E-state index contributed by atoms with van der Waals surface area (Å²) in [4.78, 5) is 40.5. The molecule has 0 radical (unpaired) electrons. The van der Waals surface area contributed by atoms with Crippen LogP contribution in [-0.4, -0.2) is 46.4 Å². The first kappa shape index (κ1) is 18.5. The van der Waals surface area contributed by atoms with Gasteiger partial charge in [-0.1, -0.05) is 26.0 Å². The number of carbonyl (C=O) groups excluding carboxylic acids is 3. The van der Waals surface area contributed by atoms with Gasteiger partial charge in [-0.05, 0) is 30.9 Å². The molecule has 3 N–H and O–H groups in total. The maximum atomic E-state index is 13.3. The summed E-state index contributed by atoms with van der Waals surface area (Å²) in [6, 6.07) is 3.57. The number of rotatable bonds is 4. The van der Waals surface area contributed by atoms with E-state index in [9.17, 15) is 19.5 Å². The van der Waals surface area contributed by atoms with Crippen LogP contribution in [0, 0.1) is 5.41 Å². The Morgan fingerprint density at radius 1 is 1.36 bits per heavy atom. The van der Waals surface area contributed by atoms with Gasteiger partial charge in [0.1, 0.15) is 17.8 Å². The first-order valence-electron chi connectivity index (χ1n) is 9.61. The van der Waals surface area contributed by atoms with E-state index in [0.717, 1.165) is 6.42 Å². The fourth-order valence-electron chi connectivity index (χ4n) is 4.92. The van der Waals surface area contributed by atoms with Gasteiger partial charge in [0.25, 0.3) is 0 Å². The predicted molar refractivity (Wildman–Crippen MR) is 104 cm³/mol. The van der Waals surface area contributed by atoms with Crippen molar-refractivity contribution in [2.24, 2.45) is 5.41 Å². The minimum atomic E-state index is -1.10. The highest BCUT2D eigenvalue weighted by molar-refractivity contribution is 6.08. The monoisotopic (exact) mass is 383 g/mol. The number of hydrogen-bond acceptors (Lipinski definition) is 4. The van der Waals surface area contributed by atoms with Gasteiger partial charge in [-0.15, -0.1) is 6.58 Å². The topological polar surface area (TPSA) is 98.7 Å². The number of phenols is 1. The summed E-state index contributed by atoms with van der Waals surface area (Å²) in [5.74, 6) is -0.504. The Bertz CT molecular complexity index is 894. The largest absolute Gasteiger partial charge is 0.508 e. The molecule has 4 rings (SSSR count). The zero-order chi connectivity index (χ0) is 20.3. The van der Waals surface area contributed by atoms with E-state index in [1.807, 2.05) is 13.8 Å². The number of amides is 3. The molecule has 3 atom stereocenters. The van der Waals surface area contributed by atoms with E-state index in [-0.39, 0.29) is 29.9 Å². The van der Waals surface area contributed by atoms with Crippen molar-refractivity contribution in [1.82, 2.24) is 10.2 Å². The van der Waals surface area contributed by atoms with Crippen molar-refractivity contribution in [2.45, 2.75) is 50.6 Å². The zero-order valence-corrected chi connectivity index (χ0v) is 16.1. The van der Waals surface area contributed by atoms with E-state index in [2.05, 4.69) is 17.2 Å². The number of nitrogens with one attached hydrogen (secondary N) is 2. The van der Waals surface area contributed by atoms with Crippen LogP contribution in [0.2, 0.25) is 0 Å². The normalized spacial score (nSPS) is 29.2. The van der Waals surface area contributed by atoms with Crippen LogP contribution in [0.3, 0.4) is 0 Å². The van der Waals surface area contributed by atoms with E-state index >= 15 is 0 Å². The molecule has 0 spiro atoms. The molecule has 3 aliphatic heterocycles. The number of piperazine rings is 1. The molecule has 7 nitrogen and oxygen atoms in total. The first-order valence-corrected chi connectivity index (χ1v) is 9.61. The van der Waals surface area contributed by atoms with Crippen LogP contribution in [0.1, 0.15) is 38.7 Å². The van der Waals surface area contributed by atoms with Crippen molar-refractivity contribution in [1.29, 1.82) is 0 Å². The molecule has 3 amide bonds. The summed E-state index contributed by atoms with van der Waals surface area (Å²) in [5.41, 5.74) is -0.580. The highest BCUT2D eigenvalue weighted by Gasteiger charge is 2.58. The second kappa shape index (κ2) is 6.09.